The molecular weight excluding hydrogens is 315 g/mol. The summed E-state index contributed by atoms with van der Waals surface area (Å²) in [5.74, 6) is -1.61. The highest BCUT2D eigenvalue weighted by Gasteiger charge is 2.09. The molecule has 0 aliphatic carbocycles. The van der Waals surface area contributed by atoms with Gasteiger partial charge in [-0.3, -0.25) is 20.4 Å². The lowest BCUT2D eigenvalue weighted by atomic mass is 10.1. The van der Waals surface area contributed by atoms with Crippen LogP contribution in [0.5, 0.6) is 0 Å². The third kappa shape index (κ3) is 4.80. The Kier molecular flexibility index (Phi) is 5.45. The first-order valence-corrected chi connectivity index (χ1v) is 6.94. The van der Waals surface area contributed by atoms with Gasteiger partial charge < -0.3 is 0 Å². The van der Waals surface area contributed by atoms with E-state index in [1.54, 1.807) is 24.3 Å². The Balaban J connectivity index is 1.77. The maximum absolute atomic E-state index is 12.8. The van der Waals surface area contributed by atoms with Crippen molar-refractivity contribution in [1.82, 2.24) is 21.7 Å². The SMILES string of the molecule is Cc1ccc(C(=O)NNC(=O)NNC(=O)c2ccc(F)cc2)cc1. The van der Waals surface area contributed by atoms with Crippen molar-refractivity contribution in [2.75, 3.05) is 0 Å². The zero-order valence-corrected chi connectivity index (χ0v) is 12.7. The summed E-state index contributed by atoms with van der Waals surface area (Å²) >= 11 is 0. The largest absolute Gasteiger partial charge is 0.352 e. The molecule has 0 aliphatic rings. The Morgan fingerprint density at radius 3 is 1.58 bits per heavy atom. The van der Waals surface area contributed by atoms with Crippen molar-refractivity contribution in [2.45, 2.75) is 6.92 Å². The molecule has 0 saturated carbocycles. The number of hydrogen-bond donors (Lipinski definition) is 4. The van der Waals surface area contributed by atoms with Crippen molar-refractivity contribution in [3.63, 3.8) is 0 Å². The number of urea groups is 1. The number of nitrogens with one attached hydrogen (secondary N) is 4. The van der Waals surface area contributed by atoms with Gasteiger partial charge in [0.1, 0.15) is 5.82 Å². The number of aryl methyl sites for hydroxylation is 1. The van der Waals surface area contributed by atoms with E-state index in [9.17, 15) is 18.8 Å². The highest BCUT2D eigenvalue weighted by Crippen LogP contribution is 2.02. The second-order valence-corrected chi connectivity index (χ2v) is 4.86. The van der Waals surface area contributed by atoms with E-state index < -0.39 is 23.7 Å². The minimum absolute atomic E-state index is 0.167. The molecule has 4 N–H and O–H groups in total. The summed E-state index contributed by atoms with van der Waals surface area (Å²) in [5, 5.41) is 0. The lowest BCUT2D eigenvalue weighted by Gasteiger charge is -2.10. The van der Waals surface area contributed by atoms with Gasteiger partial charge in [-0.25, -0.2) is 20.0 Å². The van der Waals surface area contributed by atoms with Crippen LogP contribution in [0.3, 0.4) is 0 Å². The van der Waals surface area contributed by atoms with E-state index in [4.69, 9.17) is 0 Å². The topological polar surface area (TPSA) is 99.3 Å². The molecule has 7 nitrogen and oxygen atoms in total. The van der Waals surface area contributed by atoms with Crippen molar-refractivity contribution in [1.29, 1.82) is 0 Å². The molecular formula is C16H15FN4O3. The zero-order chi connectivity index (χ0) is 17.5. The lowest BCUT2D eigenvalue weighted by molar-refractivity contribution is 0.0929. The maximum atomic E-state index is 12.8. The number of carbonyl (C=O) groups excluding carboxylic acids is 3. The molecule has 0 unspecified atom stereocenters. The van der Waals surface area contributed by atoms with Crippen LogP contribution in [0.25, 0.3) is 0 Å². The van der Waals surface area contributed by atoms with Gasteiger partial charge in [0.05, 0.1) is 0 Å². The average molecular weight is 330 g/mol. The van der Waals surface area contributed by atoms with Gasteiger partial charge >= 0.3 is 6.03 Å². The van der Waals surface area contributed by atoms with Gasteiger partial charge in [0.15, 0.2) is 0 Å². The fourth-order valence-corrected chi connectivity index (χ4v) is 1.71. The Morgan fingerprint density at radius 1 is 0.708 bits per heavy atom. The van der Waals surface area contributed by atoms with Crippen LogP contribution < -0.4 is 21.7 Å². The Labute approximate surface area is 137 Å². The van der Waals surface area contributed by atoms with E-state index in [0.29, 0.717) is 5.56 Å². The second-order valence-electron chi connectivity index (χ2n) is 4.86. The molecule has 0 spiro atoms. The van der Waals surface area contributed by atoms with E-state index in [1.807, 2.05) is 6.92 Å². The van der Waals surface area contributed by atoms with Crippen molar-refractivity contribution in [3.05, 3.63) is 71.0 Å². The first kappa shape index (κ1) is 16.9. The standard InChI is InChI=1S/C16H15FN4O3/c1-10-2-4-11(5-3-10)14(22)18-20-16(24)21-19-15(23)12-6-8-13(17)9-7-12/h2-9H,1H3,(H,18,22)(H,19,23)(H2,20,21,24). The van der Waals surface area contributed by atoms with Crippen molar-refractivity contribution in [3.8, 4) is 0 Å². The van der Waals surface area contributed by atoms with E-state index in [-0.39, 0.29) is 5.56 Å². The van der Waals surface area contributed by atoms with Crippen molar-refractivity contribution in [2.24, 2.45) is 0 Å². The van der Waals surface area contributed by atoms with Gasteiger partial charge in [0, 0.05) is 11.1 Å². The highest BCUT2D eigenvalue weighted by molar-refractivity contribution is 5.96. The van der Waals surface area contributed by atoms with Gasteiger partial charge in [-0.15, -0.1) is 0 Å². The molecule has 0 bridgehead atoms. The van der Waals surface area contributed by atoms with Crippen LogP contribution in [-0.2, 0) is 0 Å². The van der Waals surface area contributed by atoms with Crippen LogP contribution >= 0.6 is 0 Å². The molecule has 124 valence electrons. The molecule has 2 aromatic carbocycles. The molecule has 0 radical (unpaired) electrons. The first-order valence-electron chi connectivity index (χ1n) is 6.94. The monoisotopic (exact) mass is 330 g/mol. The molecule has 24 heavy (non-hydrogen) atoms. The van der Waals surface area contributed by atoms with Gasteiger partial charge in [-0.1, -0.05) is 17.7 Å². The second kappa shape index (κ2) is 7.73. The summed E-state index contributed by atoms with van der Waals surface area (Å²) in [7, 11) is 0. The Morgan fingerprint density at radius 2 is 1.12 bits per heavy atom. The van der Waals surface area contributed by atoms with Crippen LogP contribution in [0.15, 0.2) is 48.5 Å². The van der Waals surface area contributed by atoms with Crippen molar-refractivity contribution < 1.29 is 18.8 Å². The summed E-state index contributed by atoms with van der Waals surface area (Å²) in [6.45, 7) is 1.89. The molecule has 8 heteroatoms. The number of carbonyl (C=O) groups is 3. The quantitative estimate of drug-likeness (QED) is 0.627. The lowest BCUT2D eigenvalue weighted by Crippen LogP contribution is -2.52. The van der Waals surface area contributed by atoms with Crippen LogP contribution in [-0.4, -0.2) is 17.8 Å². The van der Waals surface area contributed by atoms with E-state index in [0.717, 1.165) is 17.7 Å². The number of hydrogen-bond acceptors (Lipinski definition) is 3. The molecule has 0 aliphatic heterocycles. The van der Waals surface area contributed by atoms with Gasteiger partial charge in [-0.05, 0) is 43.3 Å². The van der Waals surface area contributed by atoms with Crippen molar-refractivity contribution >= 4 is 17.8 Å². The maximum Gasteiger partial charge on any atom is 0.352 e. The van der Waals surface area contributed by atoms with Crippen LogP contribution in [0.4, 0.5) is 9.18 Å². The first-order chi connectivity index (χ1) is 11.5. The molecule has 0 fully saturated rings. The van der Waals surface area contributed by atoms with Crippen LogP contribution in [0.2, 0.25) is 0 Å². The molecule has 0 aromatic heterocycles. The molecule has 0 saturated heterocycles. The van der Waals surface area contributed by atoms with E-state index >= 15 is 0 Å². The van der Waals surface area contributed by atoms with E-state index in [1.165, 1.54) is 12.1 Å². The summed E-state index contributed by atoms with van der Waals surface area (Å²) in [4.78, 5) is 35.0. The molecule has 4 amide bonds. The summed E-state index contributed by atoms with van der Waals surface area (Å²) < 4.78 is 12.8. The fraction of sp³-hybridized carbons (Fsp3) is 0.0625. The summed E-state index contributed by atoms with van der Waals surface area (Å²) in [6.07, 6.45) is 0. The molecule has 2 rings (SSSR count). The normalized spacial score (nSPS) is 9.75. The Hall–Kier alpha value is -3.42. The number of hydrazine groups is 2. The number of benzene rings is 2. The van der Waals surface area contributed by atoms with Gasteiger partial charge in [-0.2, -0.15) is 0 Å². The predicted molar refractivity (Wildman–Crippen MR) is 84.2 cm³/mol. The molecule has 2 aromatic rings. The number of halogens is 1. The predicted octanol–water partition coefficient (Wildman–Crippen LogP) is 1.42. The average Bonchev–Trinajstić information content (AvgIpc) is 2.58. The smallest absolute Gasteiger partial charge is 0.267 e. The summed E-state index contributed by atoms with van der Waals surface area (Å²) in [5.41, 5.74) is 9.98. The zero-order valence-electron chi connectivity index (χ0n) is 12.7. The van der Waals surface area contributed by atoms with Crippen LogP contribution in [0.1, 0.15) is 26.3 Å². The third-order valence-corrected chi connectivity index (χ3v) is 3.00. The minimum atomic E-state index is -0.842. The van der Waals surface area contributed by atoms with Gasteiger partial charge in [0.25, 0.3) is 11.8 Å². The van der Waals surface area contributed by atoms with Gasteiger partial charge in [0.2, 0.25) is 0 Å². The van der Waals surface area contributed by atoms with Crippen LogP contribution in [0, 0.1) is 12.7 Å². The number of rotatable bonds is 2. The van der Waals surface area contributed by atoms with E-state index in [2.05, 4.69) is 21.7 Å². The fourth-order valence-electron chi connectivity index (χ4n) is 1.71. The highest BCUT2D eigenvalue weighted by atomic mass is 19.1. The summed E-state index contributed by atoms with van der Waals surface area (Å²) in [6, 6.07) is 10.7. The molecule has 0 heterocycles. The molecule has 0 atom stereocenters. The number of amides is 4. The third-order valence-electron chi connectivity index (χ3n) is 3.00. The Bertz CT molecular complexity index is 681. The minimum Gasteiger partial charge on any atom is -0.267 e.